The van der Waals surface area contributed by atoms with E-state index in [-0.39, 0.29) is 24.1 Å². The molecular weight excluding hydrogens is 262 g/mol. The second kappa shape index (κ2) is 4.75. The first-order valence-corrected chi connectivity index (χ1v) is 6.90. The van der Waals surface area contributed by atoms with E-state index < -0.39 is 0 Å². The minimum Gasteiger partial charge on any atom is -0.506 e. The number of carbonyl (C=O) groups is 1. The Labute approximate surface area is 114 Å². The molecule has 0 radical (unpaired) electrons. The van der Waals surface area contributed by atoms with Crippen LogP contribution in [0.1, 0.15) is 39.0 Å². The fourth-order valence-corrected chi connectivity index (χ4v) is 2.94. The number of ether oxygens (including phenoxy) is 1. The summed E-state index contributed by atoms with van der Waals surface area (Å²) < 4.78 is 5.61. The highest BCUT2D eigenvalue weighted by atomic mass is 32.1. The van der Waals surface area contributed by atoms with Gasteiger partial charge in [0, 0.05) is 23.7 Å². The summed E-state index contributed by atoms with van der Waals surface area (Å²) in [5, 5.41) is 12.0. The minimum atomic E-state index is -0.369. The molecule has 5 heteroatoms. The van der Waals surface area contributed by atoms with Gasteiger partial charge >= 0.3 is 0 Å². The molecule has 3 rings (SSSR count). The Bertz CT molecular complexity index is 622. The largest absolute Gasteiger partial charge is 0.506 e. The SMILES string of the molecule is Cc1ncc2c(c1O)C(CC(=O)c1cccs1)OC2. The summed E-state index contributed by atoms with van der Waals surface area (Å²) in [6.45, 7) is 2.14. The molecule has 0 bridgehead atoms. The number of thiophene rings is 1. The van der Waals surface area contributed by atoms with Crippen LogP contribution in [0.3, 0.4) is 0 Å². The maximum Gasteiger partial charge on any atom is 0.175 e. The molecule has 1 atom stereocenters. The predicted octanol–water partition coefficient (Wildman–Crippen LogP) is 3.00. The number of carbonyl (C=O) groups excluding carboxylic acids is 1. The lowest BCUT2D eigenvalue weighted by Crippen LogP contribution is -2.06. The van der Waals surface area contributed by atoms with E-state index in [1.165, 1.54) is 11.3 Å². The molecule has 19 heavy (non-hydrogen) atoms. The maximum atomic E-state index is 12.1. The molecule has 0 amide bonds. The highest BCUT2D eigenvalue weighted by Gasteiger charge is 2.30. The summed E-state index contributed by atoms with van der Waals surface area (Å²) in [5.41, 5.74) is 2.15. The zero-order valence-electron chi connectivity index (χ0n) is 10.4. The molecule has 2 aromatic heterocycles. The molecule has 0 saturated heterocycles. The van der Waals surface area contributed by atoms with Crippen LogP contribution in [0, 0.1) is 6.92 Å². The zero-order chi connectivity index (χ0) is 13.4. The smallest absolute Gasteiger partial charge is 0.175 e. The third-order valence-corrected chi connectivity index (χ3v) is 4.20. The first-order chi connectivity index (χ1) is 9.16. The molecule has 1 aliphatic rings. The van der Waals surface area contributed by atoms with Gasteiger partial charge in [-0.15, -0.1) is 11.3 Å². The summed E-state index contributed by atoms with van der Waals surface area (Å²) in [6.07, 6.45) is 1.59. The van der Waals surface area contributed by atoms with Crippen molar-refractivity contribution in [1.29, 1.82) is 0 Å². The lowest BCUT2D eigenvalue weighted by molar-refractivity contribution is 0.0531. The molecule has 1 N–H and O–H groups in total. The van der Waals surface area contributed by atoms with E-state index in [2.05, 4.69) is 4.98 Å². The van der Waals surface area contributed by atoms with E-state index in [1.54, 1.807) is 19.2 Å². The lowest BCUT2D eigenvalue weighted by Gasteiger charge is -2.12. The summed E-state index contributed by atoms with van der Waals surface area (Å²) in [4.78, 5) is 16.9. The molecule has 0 saturated carbocycles. The molecule has 0 spiro atoms. The van der Waals surface area contributed by atoms with Crippen LogP contribution in [0.4, 0.5) is 0 Å². The van der Waals surface area contributed by atoms with E-state index in [9.17, 15) is 9.90 Å². The first-order valence-electron chi connectivity index (χ1n) is 6.02. The van der Waals surface area contributed by atoms with E-state index in [4.69, 9.17) is 4.74 Å². The van der Waals surface area contributed by atoms with Gasteiger partial charge in [-0.25, -0.2) is 0 Å². The number of fused-ring (bicyclic) bond motifs is 1. The summed E-state index contributed by atoms with van der Waals surface area (Å²) in [7, 11) is 0. The lowest BCUT2D eigenvalue weighted by atomic mass is 10.0. The maximum absolute atomic E-state index is 12.1. The van der Waals surface area contributed by atoms with Crippen molar-refractivity contribution in [3.63, 3.8) is 0 Å². The van der Waals surface area contributed by atoms with E-state index in [0.29, 0.717) is 12.3 Å². The Morgan fingerprint density at radius 1 is 1.63 bits per heavy atom. The molecule has 0 aromatic carbocycles. The Morgan fingerprint density at radius 3 is 3.21 bits per heavy atom. The quantitative estimate of drug-likeness (QED) is 0.875. The summed E-state index contributed by atoms with van der Waals surface area (Å²) in [6, 6.07) is 3.66. The van der Waals surface area contributed by atoms with Crippen LogP contribution in [0.15, 0.2) is 23.7 Å². The van der Waals surface area contributed by atoms with Crippen LogP contribution in [0.25, 0.3) is 0 Å². The van der Waals surface area contributed by atoms with Gasteiger partial charge < -0.3 is 9.84 Å². The molecule has 3 heterocycles. The van der Waals surface area contributed by atoms with Crippen molar-refractivity contribution in [2.45, 2.75) is 26.1 Å². The van der Waals surface area contributed by atoms with Gasteiger partial charge in [-0.3, -0.25) is 9.78 Å². The molecule has 1 unspecified atom stereocenters. The molecule has 0 fully saturated rings. The number of Topliss-reactive ketones (excluding diaryl/α,β-unsaturated/α-hetero) is 1. The number of nitrogens with zero attached hydrogens (tertiary/aromatic N) is 1. The van der Waals surface area contributed by atoms with Crippen LogP contribution in [0.2, 0.25) is 0 Å². The van der Waals surface area contributed by atoms with Gasteiger partial charge in [-0.05, 0) is 18.4 Å². The summed E-state index contributed by atoms with van der Waals surface area (Å²) >= 11 is 1.42. The highest BCUT2D eigenvalue weighted by Crippen LogP contribution is 2.40. The topological polar surface area (TPSA) is 59.4 Å². The van der Waals surface area contributed by atoms with Crippen LogP contribution >= 0.6 is 11.3 Å². The normalized spacial score (nSPS) is 17.4. The third kappa shape index (κ3) is 2.15. The average molecular weight is 275 g/mol. The van der Waals surface area contributed by atoms with Crippen LogP contribution in [-0.4, -0.2) is 15.9 Å². The van der Waals surface area contributed by atoms with Gasteiger partial charge in [0.15, 0.2) is 5.78 Å². The van der Waals surface area contributed by atoms with Crippen molar-refractivity contribution in [2.24, 2.45) is 0 Å². The van der Waals surface area contributed by atoms with Crippen LogP contribution in [0.5, 0.6) is 5.75 Å². The predicted molar refractivity (Wildman–Crippen MR) is 71.4 cm³/mol. The molecule has 1 aliphatic heterocycles. The van der Waals surface area contributed by atoms with Crippen molar-refractivity contribution in [3.8, 4) is 5.75 Å². The van der Waals surface area contributed by atoms with Gasteiger partial charge in [-0.2, -0.15) is 0 Å². The highest BCUT2D eigenvalue weighted by molar-refractivity contribution is 7.12. The Balaban J connectivity index is 1.87. The number of aromatic hydroxyl groups is 1. The molecule has 98 valence electrons. The minimum absolute atomic E-state index is 0.0433. The van der Waals surface area contributed by atoms with Crippen molar-refractivity contribution in [1.82, 2.24) is 4.98 Å². The van der Waals surface area contributed by atoms with Crippen molar-refractivity contribution in [2.75, 3.05) is 0 Å². The second-order valence-electron chi connectivity index (χ2n) is 4.54. The van der Waals surface area contributed by atoms with Crippen LogP contribution in [-0.2, 0) is 11.3 Å². The van der Waals surface area contributed by atoms with E-state index >= 15 is 0 Å². The van der Waals surface area contributed by atoms with Crippen LogP contribution < -0.4 is 0 Å². The van der Waals surface area contributed by atoms with E-state index in [0.717, 1.165) is 16.0 Å². The molecule has 2 aromatic rings. The molecule has 0 aliphatic carbocycles. The Kier molecular flexibility index (Phi) is 3.08. The zero-order valence-corrected chi connectivity index (χ0v) is 11.2. The summed E-state index contributed by atoms with van der Waals surface area (Å²) in [5.74, 6) is 0.195. The number of pyridine rings is 1. The van der Waals surface area contributed by atoms with Gasteiger partial charge in [0.1, 0.15) is 5.75 Å². The second-order valence-corrected chi connectivity index (χ2v) is 5.48. The fourth-order valence-electron chi connectivity index (χ4n) is 2.27. The third-order valence-electron chi connectivity index (χ3n) is 3.29. The van der Waals surface area contributed by atoms with Gasteiger partial charge in [-0.1, -0.05) is 6.07 Å². The van der Waals surface area contributed by atoms with Crippen molar-refractivity contribution >= 4 is 17.1 Å². The average Bonchev–Trinajstić information content (AvgIpc) is 3.03. The number of hydrogen-bond acceptors (Lipinski definition) is 5. The standard InChI is InChI=1S/C14H13NO3S/c1-8-14(17)13-9(6-15-8)7-18-11(13)5-10(16)12-3-2-4-19-12/h2-4,6,11,17H,5,7H2,1H3. The van der Waals surface area contributed by atoms with Gasteiger partial charge in [0.2, 0.25) is 0 Å². The molecule has 4 nitrogen and oxygen atoms in total. The Hall–Kier alpha value is -1.72. The monoisotopic (exact) mass is 275 g/mol. The first kappa shape index (κ1) is 12.3. The van der Waals surface area contributed by atoms with E-state index in [1.807, 2.05) is 11.4 Å². The number of ketones is 1. The Morgan fingerprint density at radius 2 is 2.47 bits per heavy atom. The fraction of sp³-hybridized carbons (Fsp3) is 0.286. The molecular formula is C14H13NO3S. The van der Waals surface area contributed by atoms with Crippen molar-refractivity contribution < 1.29 is 14.6 Å². The van der Waals surface area contributed by atoms with Gasteiger partial charge in [0.25, 0.3) is 0 Å². The number of rotatable bonds is 3. The number of hydrogen-bond donors (Lipinski definition) is 1. The number of aromatic nitrogens is 1. The van der Waals surface area contributed by atoms with Crippen molar-refractivity contribution in [3.05, 3.63) is 45.4 Å². The van der Waals surface area contributed by atoms with Gasteiger partial charge in [0.05, 0.1) is 23.3 Å². The number of aryl methyl sites for hydroxylation is 1.